The first-order chi connectivity index (χ1) is 5.29. The molecular formula is C6H12N3OP. The van der Waals surface area contributed by atoms with Crippen LogP contribution in [0.2, 0.25) is 0 Å². The molecule has 2 saturated heterocycles. The molecule has 0 spiro atoms. The molecule has 5 heteroatoms. The Morgan fingerprint density at radius 1 is 1.64 bits per heavy atom. The summed E-state index contributed by atoms with van der Waals surface area (Å²) in [7, 11) is 2.46. The Morgan fingerprint density at radius 3 is 3.18 bits per heavy atom. The summed E-state index contributed by atoms with van der Waals surface area (Å²) >= 11 is 0. The number of carbonyl (C=O) groups is 1. The van der Waals surface area contributed by atoms with Crippen molar-refractivity contribution in [3.63, 3.8) is 0 Å². The first-order valence-electron chi connectivity index (χ1n) is 3.82. The van der Waals surface area contributed by atoms with E-state index in [-0.39, 0.29) is 6.03 Å². The molecule has 2 aliphatic rings. The Morgan fingerprint density at radius 2 is 2.45 bits per heavy atom. The van der Waals surface area contributed by atoms with E-state index in [1.807, 2.05) is 4.90 Å². The number of hydrogen-bond donors (Lipinski definition) is 1. The summed E-state index contributed by atoms with van der Waals surface area (Å²) in [6.45, 7) is 3.57. The summed E-state index contributed by atoms with van der Waals surface area (Å²) in [5, 5.41) is 3.27. The molecule has 2 heterocycles. The van der Waals surface area contributed by atoms with Gasteiger partial charge in [0.15, 0.2) is 0 Å². The van der Waals surface area contributed by atoms with Crippen LogP contribution in [0.4, 0.5) is 4.79 Å². The van der Waals surface area contributed by atoms with Crippen molar-refractivity contribution >= 4 is 15.4 Å². The third kappa shape index (κ3) is 1.10. The van der Waals surface area contributed by atoms with Gasteiger partial charge in [0.25, 0.3) is 0 Å². The summed E-state index contributed by atoms with van der Waals surface area (Å²) in [4.78, 5) is 13.3. The molecule has 4 nitrogen and oxygen atoms in total. The second kappa shape index (κ2) is 2.61. The van der Waals surface area contributed by atoms with Gasteiger partial charge in [-0.2, -0.15) is 0 Å². The van der Waals surface area contributed by atoms with Crippen LogP contribution in [0.1, 0.15) is 0 Å². The lowest BCUT2D eigenvalue weighted by atomic mass is 10.2. The monoisotopic (exact) mass is 173 g/mol. The van der Waals surface area contributed by atoms with E-state index >= 15 is 0 Å². The van der Waals surface area contributed by atoms with Crippen LogP contribution in [0, 0.1) is 0 Å². The van der Waals surface area contributed by atoms with E-state index in [1.54, 1.807) is 4.67 Å². The second-order valence-electron chi connectivity index (χ2n) is 2.99. The van der Waals surface area contributed by atoms with Crippen LogP contribution in [0.25, 0.3) is 0 Å². The number of piperazine rings is 1. The van der Waals surface area contributed by atoms with E-state index in [1.165, 1.54) is 0 Å². The Hall–Kier alpha value is -0.340. The van der Waals surface area contributed by atoms with E-state index in [9.17, 15) is 4.79 Å². The van der Waals surface area contributed by atoms with Crippen molar-refractivity contribution in [3.05, 3.63) is 0 Å². The molecule has 2 fully saturated rings. The van der Waals surface area contributed by atoms with Gasteiger partial charge >= 0.3 is 6.03 Å². The highest BCUT2D eigenvalue weighted by molar-refractivity contribution is 7.14. The molecule has 0 aliphatic carbocycles. The fourth-order valence-corrected chi connectivity index (χ4v) is 2.04. The third-order valence-corrected chi connectivity index (χ3v) is 2.68. The summed E-state index contributed by atoms with van der Waals surface area (Å²) in [6.07, 6.45) is 0. The Balaban J connectivity index is 2.11. The van der Waals surface area contributed by atoms with Gasteiger partial charge in [0.05, 0.1) is 6.04 Å². The van der Waals surface area contributed by atoms with Gasteiger partial charge < -0.3 is 14.9 Å². The van der Waals surface area contributed by atoms with Crippen molar-refractivity contribution in [2.45, 2.75) is 6.04 Å². The predicted octanol–water partition coefficient (Wildman–Crippen LogP) is -0.514. The highest BCUT2D eigenvalue weighted by atomic mass is 31.0. The standard InChI is InChI=1S/C6H12N3OP/c10-6-8-2-1-7-3-5(8)4-9(6)11/h5,7H,1-4,11H2. The average Bonchev–Trinajstić information content (AvgIpc) is 2.30. The SMILES string of the molecule is O=C1N(P)CC2CNCCN12. The fraction of sp³-hybridized carbons (Fsp3) is 0.833. The van der Waals surface area contributed by atoms with E-state index in [0.29, 0.717) is 6.04 Å². The Bertz CT molecular complexity index is 187. The lowest BCUT2D eigenvalue weighted by molar-refractivity contribution is 0.187. The van der Waals surface area contributed by atoms with Crippen molar-refractivity contribution in [3.8, 4) is 0 Å². The average molecular weight is 173 g/mol. The molecule has 0 aromatic carbocycles. The molecule has 0 saturated carbocycles. The zero-order chi connectivity index (χ0) is 7.84. The first kappa shape index (κ1) is 7.32. The topological polar surface area (TPSA) is 35.6 Å². The van der Waals surface area contributed by atoms with Gasteiger partial charge in [0, 0.05) is 26.2 Å². The second-order valence-corrected chi connectivity index (χ2v) is 3.61. The normalized spacial score (nSPS) is 31.0. The van der Waals surface area contributed by atoms with Crippen LogP contribution < -0.4 is 5.32 Å². The van der Waals surface area contributed by atoms with Crippen molar-refractivity contribution in [1.29, 1.82) is 0 Å². The Labute approximate surface area is 68.2 Å². The van der Waals surface area contributed by atoms with Crippen molar-refractivity contribution in [1.82, 2.24) is 14.9 Å². The van der Waals surface area contributed by atoms with E-state index in [2.05, 4.69) is 14.7 Å². The maximum Gasteiger partial charge on any atom is 0.323 e. The lowest BCUT2D eigenvalue weighted by Gasteiger charge is -2.28. The minimum atomic E-state index is 0.154. The molecule has 11 heavy (non-hydrogen) atoms. The summed E-state index contributed by atoms with van der Waals surface area (Å²) < 4.78 is 1.71. The molecule has 0 bridgehead atoms. The van der Waals surface area contributed by atoms with Crippen LogP contribution in [-0.2, 0) is 0 Å². The zero-order valence-electron chi connectivity index (χ0n) is 6.29. The fourth-order valence-electron chi connectivity index (χ4n) is 1.65. The van der Waals surface area contributed by atoms with Crippen molar-refractivity contribution in [2.75, 3.05) is 26.2 Å². The lowest BCUT2D eigenvalue weighted by Crippen LogP contribution is -2.49. The minimum Gasteiger partial charge on any atom is -0.317 e. The van der Waals surface area contributed by atoms with E-state index in [0.717, 1.165) is 26.2 Å². The highest BCUT2D eigenvalue weighted by Crippen LogP contribution is 2.19. The number of hydrogen-bond acceptors (Lipinski definition) is 2. The molecule has 62 valence electrons. The summed E-state index contributed by atoms with van der Waals surface area (Å²) in [6, 6.07) is 0.551. The number of carbonyl (C=O) groups excluding carboxylic acids is 1. The molecule has 2 rings (SSSR count). The number of amides is 2. The van der Waals surface area contributed by atoms with Crippen molar-refractivity contribution < 1.29 is 4.79 Å². The molecule has 0 aromatic heterocycles. The van der Waals surface area contributed by atoms with Gasteiger partial charge in [0.2, 0.25) is 0 Å². The molecule has 0 aromatic rings. The number of nitrogens with zero attached hydrogens (tertiary/aromatic N) is 2. The maximum atomic E-state index is 11.3. The van der Waals surface area contributed by atoms with Gasteiger partial charge in [-0.05, 0) is 9.39 Å². The molecule has 0 radical (unpaired) electrons. The number of rotatable bonds is 0. The number of urea groups is 1. The zero-order valence-corrected chi connectivity index (χ0v) is 7.44. The Kier molecular flexibility index (Phi) is 1.74. The van der Waals surface area contributed by atoms with E-state index < -0.39 is 0 Å². The van der Waals surface area contributed by atoms with Crippen LogP contribution >= 0.6 is 9.39 Å². The maximum absolute atomic E-state index is 11.3. The largest absolute Gasteiger partial charge is 0.323 e. The third-order valence-electron chi connectivity index (χ3n) is 2.25. The molecule has 2 aliphatic heterocycles. The first-order valence-corrected chi connectivity index (χ1v) is 4.34. The predicted molar refractivity (Wildman–Crippen MR) is 45.2 cm³/mol. The van der Waals surface area contributed by atoms with Crippen LogP contribution in [0.5, 0.6) is 0 Å². The van der Waals surface area contributed by atoms with Crippen LogP contribution in [0.3, 0.4) is 0 Å². The molecule has 1 N–H and O–H groups in total. The molecule has 2 unspecified atom stereocenters. The molecule has 2 amide bonds. The number of nitrogens with one attached hydrogen (secondary N) is 1. The van der Waals surface area contributed by atoms with Gasteiger partial charge in [-0.15, -0.1) is 0 Å². The quantitative estimate of drug-likeness (QED) is 0.500. The number of fused-ring (bicyclic) bond motifs is 1. The summed E-state index contributed by atoms with van der Waals surface area (Å²) in [5.41, 5.74) is 0. The van der Waals surface area contributed by atoms with Gasteiger partial charge in [-0.1, -0.05) is 0 Å². The highest BCUT2D eigenvalue weighted by Gasteiger charge is 2.36. The van der Waals surface area contributed by atoms with Crippen LogP contribution in [-0.4, -0.2) is 47.8 Å². The van der Waals surface area contributed by atoms with Gasteiger partial charge in [-0.25, -0.2) is 4.79 Å². The molecule has 2 atom stereocenters. The molecular weight excluding hydrogens is 161 g/mol. The smallest absolute Gasteiger partial charge is 0.317 e. The minimum absolute atomic E-state index is 0.154. The summed E-state index contributed by atoms with van der Waals surface area (Å²) in [5.74, 6) is 0. The van der Waals surface area contributed by atoms with Crippen molar-refractivity contribution in [2.24, 2.45) is 0 Å². The van der Waals surface area contributed by atoms with Gasteiger partial charge in [-0.3, -0.25) is 0 Å². The van der Waals surface area contributed by atoms with E-state index in [4.69, 9.17) is 0 Å². The van der Waals surface area contributed by atoms with Crippen LogP contribution in [0.15, 0.2) is 0 Å². The van der Waals surface area contributed by atoms with Gasteiger partial charge in [0.1, 0.15) is 0 Å².